The molecule has 2 aliphatic rings. The Balaban J connectivity index is 1.12. The number of rotatable bonds is 16. The number of alkyl halides is 1. The number of carbonyl (C=O) groups is 4. The fourth-order valence-electron chi connectivity index (χ4n) is 8.08. The highest BCUT2D eigenvalue weighted by Gasteiger charge is 2.58. The minimum atomic E-state index is -1.74. The van der Waals surface area contributed by atoms with Crippen molar-refractivity contribution in [1.82, 2.24) is 15.2 Å². The molecule has 0 radical (unpaired) electrons. The number of anilines is 1. The van der Waals surface area contributed by atoms with Gasteiger partial charge in [0.1, 0.15) is 33.9 Å². The van der Waals surface area contributed by atoms with Crippen LogP contribution in [0.15, 0.2) is 173 Å². The molecule has 2 N–H and O–H groups in total. The first kappa shape index (κ1) is 48.9. The number of nitrogens with one attached hydrogen (secondary N) is 2. The normalized spacial score (nSPS) is 17.4. The van der Waals surface area contributed by atoms with Gasteiger partial charge in [0.2, 0.25) is 5.60 Å². The molecule has 2 unspecified atom stereocenters. The molecule has 69 heavy (non-hydrogen) atoms. The van der Waals surface area contributed by atoms with Crippen LogP contribution in [0, 0.1) is 0 Å². The zero-order valence-corrected chi connectivity index (χ0v) is 42.2. The Morgan fingerprint density at radius 1 is 0.797 bits per heavy atom. The van der Waals surface area contributed by atoms with Gasteiger partial charge in [-0.05, 0) is 68.0 Å². The van der Waals surface area contributed by atoms with Crippen molar-refractivity contribution in [2.45, 2.75) is 68.9 Å². The number of ether oxygens (including phenoxy) is 2. The molecule has 2 aliphatic heterocycles. The minimum Gasteiger partial charge on any atom is -0.457 e. The second kappa shape index (κ2) is 20.6. The summed E-state index contributed by atoms with van der Waals surface area (Å²) in [5.74, 6) is -3.10. The van der Waals surface area contributed by atoms with E-state index in [2.05, 4.69) is 38.4 Å². The van der Waals surface area contributed by atoms with E-state index in [0.29, 0.717) is 15.1 Å². The van der Waals surface area contributed by atoms with E-state index in [1.54, 1.807) is 26.2 Å². The van der Waals surface area contributed by atoms with Gasteiger partial charge in [-0.25, -0.2) is 14.6 Å². The predicted octanol–water partition coefficient (Wildman–Crippen LogP) is 8.83. The number of nitrogens with zero attached hydrogens (tertiary/aromatic N) is 3. The Bertz CT molecular complexity index is 2770. The van der Waals surface area contributed by atoms with Gasteiger partial charge in [-0.2, -0.15) is 0 Å². The largest absolute Gasteiger partial charge is 0.457 e. The van der Waals surface area contributed by atoms with Gasteiger partial charge in [-0.3, -0.25) is 18.7 Å². The van der Waals surface area contributed by atoms with Gasteiger partial charge in [0, 0.05) is 9.81 Å². The van der Waals surface area contributed by atoms with Crippen molar-refractivity contribution in [2.75, 3.05) is 15.5 Å². The van der Waals surface area contributed by atoms with Gasteiger partial charge in [0.15, 0.2) is 16.9 Å². The van der Waals surface area contributed by atoms with E-state index in [1.165, 1.54) is 30.1 Å². The number of esters is 2. The van der Waals surface area contributed by atoms with E-state index in [1.807, 2.05) is 152 Å². The quantitative estimate of drug-likeness (QED) is 0.0182. The number of hydrogen-bond acceptors (Lipinski definition) is 12. The first-order valence-corrected chi connectivity index (χ1v) is 25.9. The molecular weight excluding hydrogens is 1030 g/mol. The van der Waals surface area contributed by atoms with Gasteiger partial charge >= 0.3 is 11.9 Å². The van der Waals surface area contributed by atoms with Crippen LogP contribution in [-0.2, 0) is 49.8 Å². The molecule has 8 rings (SSSR count). The fourth-order valence-corrected chi connectivity index (χ4v) is 11.5. The second-order valence-electron chi connectivity index (χ2n) is 17.8. The number of oxime groups is 1. The zero-order valence-electron chi connectivity index (χ0n) is 38.5. The van der Waals surface area contributed by atoms with Crippen LogP contribution < -0.4 is 10.6 Å². The predicted molar refractivity (Wildman–Crippen MR) is 275 cm³/mol. The molecule has 1 saturated heterocycles. The van der Waals surface area contributed by atoms with Crippen LogP contribution in [-0.4, -0.2) is 76.4 Å². The summed E-state index contributed by atoms with van der Waals surface area (Å²) in [5, 5.41) is 11.6. The van der Waals surface area contributed by atoms with Crippen molar-refractivity contribution >= 4 is 79.3 Å². The third kappa shape index (κ3) is 10.4. The SMILES string of the molecule is CC(C)(C)OC(=O)C(C)(C)O/N=C(/C(=O)NC1C(=O)N2C(C(=O)OC(c3ccccc3)c3ccccc3)=C(CI)CS(=O)[C@H]12)c1csc(NC(c2ccccc2)(c2ccccc2)c2ccccc2)n1. The van der Waals surface area contributed by atoms with E-state index in [9.17, 15) is 23.4 Å². The van der Waals surface area contributed by atoms with Crippen LogP contribution >= 0.6 is 33.9 Å². The Kier molecular flexibility index (Phi) is 14.6. The molecule has 2 amide bonds. The lowest BCUT2D eigenvalue weighted by molar-refractivity contribution is -0.179. The topological polar surface area (TPSA) is 166 Å². The summed E-state index contributed by atoms with van der Waals surface area (Å²) in [6.45, 7) is 8.07. The summed E-state index contributed by atoms with van der Waals surface area (Å²) in [6.07, 6.45) is -0.806. The van der Waals surface area contributed by atoms with Crippen LogP contribution in [0.1, 0.15) is 74.2 Å². The molecule has 0 saturated carbocycles. The van der Waals surface area contributed by atoms with E-state index in [-0.39, 0.29) is 22.9 Å². The molecule has 3 heterocycles. The molecule has 16 heteroatoms. The highest BCUT2D eigenvalue weighted by Crippen LogP contribution is 2.41. The van der Waals surface area contributed by atoms with Crippen molar-refractivity contribution < 1.29 is 37.7 Å². The number of thiazole rings is 1. The maximum Gasteiger partial charge on any atom is 0.356 e. The summed E-state index contributed by atoms with van der Waals surface area (Å²) in [5.41, 5.74) is 0.853. The Hall–Kier alpha value is -6.50. The Morgan fingerprint density at radius 3 is 1.77 bits per heavy atom. The number of halogens is 1. The van der Waals surface area contributed by atoms with Crippen LogP contribution in [0.3, 0.4) is 0 Å². The van der Waals surface area contributed by atoms with E-state index in [4.69, 9.17) is 19.3 Å². The van der Waals surface area contributed by atoms with Crippen LogP contribution in [0.25, 0.3) is 0 Å². The van der Waals surface area contributed by atoms with Crippen molar-refractivity contribution in [2.24, 2.45) is 5.16 Å². The number of carbonyl (C=O) groups excluding carboxylic acids is 4. The van der Waals surface area contributed by atoms with Crippen molar-refractivity contribution in [3.8, 4) is 0 Å². The number of fused-ring (bicyclic) bond motifs is 1. The van der Waals surface area contributed by atoms with Crippen molar-refractivity contribution in [3.63, 3.8) is 0 Å². The summed E-state index contributed by atoms with van der Waals surface area (Å²) < 4.78 is 26.1. The Labute approximate surface area is 421 Å². The van der Waals surface area contributed by atoms with Gasteiger partial charge in [-0.15, -0.1) is 11.3 Å². The third-order valence-electron chi connectivity index (χ3n) is 11.4. The number of hydrogen-bond donors (Lipinski definition) is 2. The minimum absolute atomic E-state index is 0.00774. The highest BCUT2D eigenvalue weighted by molar-refractivity contribution is 14.1. The molecule has 0 bridgehead atoms. The first-order valence-electron chi connectivity index (χ1n) is 22.1. The standard InChI is InChI=1S/C53H50IN5O8S2/c1-51(2,3)66-49(63)52(4,5)67-58-41(40-32-68-50(55-40)57-53(37-25-15-8-16-26-37,38-27-17-9-18-28-38)39-29-19-10-20-30-39)45(60)56-42-46(61)59-43(36(31-54)33-69(64)47(42)59)48(62)65-44(34-21-11-6-12-22-34)35-23-13-7-14-24-35/h6-30,32,42,44,47H,31,33H2,1-5H3,(H,55,57)(H,56,60)/b58-41+/t42?,47-,69?/m1/s1. The number of aromatic nitrogens is 1. The molecule has 13 nitrogen and oxygen atoms in total. The molecule has 6 aromatic rings. The van der Waals surface area contributed by atoms with Gasteiger partial charge < -0.3 is 24.9 Å². The first-order chi connectivity index (χ1) is 33.1. The maximum absolute atomic E-state index is 14.7. The fraction of sp³-hybridized carbons (Fsp3) is 0.245. The maximum atomic E-state index is 14.7. The summed E-state index contributed by atoms with van der Waals surface area (Å²) in [6, 6.07) is 46.9. The average molecular weight is 1080 g/mol. The Morgan fingerprint density at radius 2 is 1.29 bits per heavy atom. The smallest absolute Gasteiger partial charge is 0.356 e. The summed E-state index contributed by atoms with van der Waals surface area (Å²) in [4.78, 5) is 68.6. The molecule has 1 fully saturated rings. The van der Waals surface area contributed by atoms with Gasteiger partial charge in [-0.1, -0.05) is 179 Å². The van der Waals surface area contributed by atoms with Gasteiger partial charge in [0.25, 0.3) is 11.8 Å². The molecule has 0 aliphatic carbocycles. The lowest BCUT2D eigenvalue weighted by Gasteiger charge is -2.49. The number of benzene rings is 5. The van der Waals surface area contributed by atoms with E-state index >= 15 is 0 Å². The molecule has 5 aromatic carbocycles. The molecular formula is C53H50IN5O8S2. The van der Waals surface area contributed by atoms with Gasteiger partial charge in [0.05, 0.1) is 16.6 Å². The molecule has 0 spiro atoms. The van der Waals surface area contributed by atoms with Crippen LogP contribution in [0.5, 0.6) is 0 Å². The molecule has 354 valence electrons. The zero-order chi connectivity index (χ0) is 48.9. The van der Waals surface area contributed by atoms with Crippen molar-refractivity contribution in [3.05, 3.63) is 202 Å². The summed E-state index contributed by atoms with van der Waals surface area (Å²) >= 11 is 3.28. The summed E-state index contributed by atoms with van der Waals surface area (Å²) in [7, 11) is -1.74. The average Bonchev–Trinajstić information content (AvgIpc) is 3.82. The van der Waals surface area contributed by atoms with Crippen LogP contribution in [0.4, 0.5) is 5.13 Å². The van der Waals surface area contributed by atoms with E-state index in [0.717, 1.165) is 27.8 Å². The van der Waals surface area contributed by atoms with Crippen LogP contribution in [0.2, 0.25) is 0 Å². The van der Waals surface area contributed by atoms with Crippen molar-refractivity contribution in [1.29, 1.82) is 0 Å². The lowest BCUT2D eigenvalue weighted by atomic mass is 9.77. The number of amides is 2. The third-order valence-corrected chi connectivity index (χ3v) is 14.7. The lowest BCUT2D eigenvalue weighted by Crippen LogP contribution is -2.74. The molecule has 3 atom stereocenters. The van der Waals surface area contributed by atoms with E-state index < -0.39 is 68.8 Å². The highest BCUT2D eigenvalue weighted by atomic mass is 127. The number of β-lactam (4-membered cyclic amide) rings is 1. The second-order valence-corrected chi connectivity index (χ2v) is 21.0. The monoisotopic (exact) mass is 1080 g/mol. The molecule has 1 aromatic heterocycles.